The van der Waals surface area contributed by atoms with Gasteiger partial charge >= 0.3 is 0 Å². The van der Waals surface area contributed by atoms with Crippen molar-refractivity contribution in [1.29, 1.82) is 0 Å². The second kappa shape index (κ2) is 5.42. The van der Waals surface area contributed by atoms with Crippen LogP contribution in [0, 0.1) is 5.82 Å². The first kappa shape index (κ1) is 13.4. The molecule has 3 rings (SSSR count). The van der Waals surface area contributed by atoms with E-state index in [4.69, 9.17) is 11.6 Å². The molecule has 6 heteroatoms. The summed E-state index contributed by atoms with van der Waals surface area (Å²) < 4.78 is 16.2. The molecule has 0 amide bonds. The lowest BCUT2D eigenvalue weighted by molar-refractivity contribution is 0.629. The van der Waals surface area contributed by atoms with Gasteiger partial charge in [0.2, 0.25) is 0 Å². The van der Waals surface area contributed by atoms with Crippen LogP contribution in [0.25, 0.3) is 5.65 Å². The van der Waals surface area contributed by atoms with Crippen molar-refractivity contribution >= 4 is 38.9 Å². The molecule has 0 fully saturated rings. The topological polar surface area (TPSA) is 29.3 Å². The van der Waals surface area contributed by atoms with E-state index in [9.17, 15) is 4.39 Å². The van der Waals surface area contributed by atoms with Crippen molar-refractivity contribution in [3.63, 3.8) is 0 Å². The Morgan fingerprint density at radius 1 is 1.25 bits per heavy atom. The highest BCUT2D eigenvalue weighted by Gasteiger charge is 2.05. The molecule has 2 aromatic heterocycles. The fourth-order valence-electron chi connectivity index (χ4n) is 1.92. The molecular weight excluding hydrogens is 345 g/mol. The normalized spacial score (nSPS) is 10.9. The van der Waals surface area contributed by atoms with Gasteiger partial charge in [0.1, 0.15) is 11.5 Å². The van der Waals surface area contributed by atoms with Crippen molar-refractivity contribution < 1.29 is 4.39 Å². The first-order valence-electron chi connectivity index (χ1n) is 5.94. The molecule has 20 heavy (non-hydrogen) atoms. The highest BCUT2D eigenvalue weighted by Crippen LogP contribution is 2.20. The number of benzene rings is 1. The van der Waals surface area contributed by atoms with E-state index in [2.05, 4.69) is 26.2 Å². The minimum atomic E-state index is -0.300. The summed E-state index contributed by atoms with van der Waals surface area (Å²) in [5.74, 6) is -0.300. The molecule has 0 aliphatic rings. The number of nitrogens with one attached hydrogen (secondary N) is 1. The van der Waals surface area contributed by atoms with Crippen LogP contribution in [0.2, 0.25) is 5.02 Å². The van der Waals surface area contributed by atoms with E-state index in [0.717, 1.165) is 11.3 Å². The van der Waals surface area contributed by atoms with Crippen molar-refractivity contribution in [3.05, 3.63) is 63.7 Å². The van der Waals surface area contributed by atoms with Crippen LogP contribution in [-0.2, 0) is 6.54 Å². The highest BCUT2D eigenvalue weighted by molar-refractivity contribution is 9.10. The van der Waals surface area contributed by atoms with Crippen LogP contribution in [0.3, 0.4) is 0 Å². The van der Waals surface area contributed by atoms with E-state index in [-0.39, 0.29) is 5.82 Å². The Balaban J connectivity index is 1.79. The number of imidazole rings is 1. The maximum absolute atomic E-state index is 13.7. The van der Waals surface area contributed by atoms with Gasteiger partial charge in [0, 0.05) is 16.9 Å². The van der Waals surface area contributed by atoms with E-state index < -0.39 is 0 Å². The first-order valence-corrected chi connectivity index (χ1v) is 7.11. The van der Waals surface area contributed by atoms with Crippen molar-refractivity contribution in [1.82, 2.24) is 9.38 Å². The summed E-state index contributed by atoms with van der Waals surface area (Å²) in [5, 5.41) is 3.67. The van der Waals surface area contributed by atoms with Gasteiger partial charge in [-0.25, -0.2) is 9.37 Å². The van der Waals surface area contributed by atoms with Crippen molar-refractivity contribution in [2.75, 3.05) is 5.32 Å². The molecule has 0 aliphatic carbocycles. The molecule has 0 spiro atoms. The third-order valence-corrected chi connectivity index (χ3v) is 3.57. The van der Waals surface area contributed by atoms with Crippen LogP contribution < -0.4 is 5.32 Å². The molecule has 0 saturated heterocycles. The van der Waals surface area contributed by atoms with Gasteiger partial charge in [0.25, 0.3) is 0 Å². The molecule has 0 atom stereocenters. The molecule has 3 aromatic rings. The predicted molar refractivity (Wildman–Crippen MR) is 81.6 cm³/mol. The fraction of sp³-hybridized carbons (Fsp3) is 0.0714. The van der Waals surface area contributed by atoms with Crippen LogP contribution in [-0.4, -0.2) is 9.38 Å². The van der Waals surface area contributed by atoms with Gasteiger partial charge in [-0.3, -0.25) is 0 Å². The van der Waals surface area contributed by atoms with E-state index in [0.29, 0.717) is 21.7 Å². The average Bonchev–Trinajstić information content (AvgIpc) is 2.79. The van der Waals surface area contributed by atoms with Crippen molar-refractivity contribution in [3.8, 4) is 0 Å². The van der Waals surface area contributed by atoms with Crippen LogP contribution >= 0.6 is 27.5 Å². The molecule has 0 radical (unpaired) electrons. The average molecular weight is 355 g/mol. The standard InChI is InChI=1S/C14H10BrClFN3/c15-9-1-3-13(12(17)5-9)18-6-11-8-20-7-10(16)2-4-14(20)19-11/h1-5,7-8,18H,6H2. The minimum absolute atomic E-state index is 0.300. The van der Waals surface area contributed by atoms with Gasteiger partial charge < -0.3 is 9.72 Å². The lowest BCUT2D eigenvalue weighted by atomic mass is 10.3. The number of fused-ring (bicyclic) bond motifs is 1. The predicted octanol–water partition coefficient (Wildman–Crippen LogP) is 4.50. The zero-order valence-electron chi connectivity index (χ0n) is 10.3. The Bertz CT molecular complexity index is 772. The second-order valence-corrected chi connectivity index (χ2v) is 5.67. The van der Waals surface area contributed by atoms with Gasteiger partial charge in [-0.05, 0) is 30.3 Å². The smallest absolute Gasteiger partial charge is 0.147 e. The Hall–Kier alpha value is -1.59. The molecule has 2 heterocycles. The number of anilines is 1. The lowest BCUT2D eigenvalue weighted by Gasteiger charge is -2.05. The SMILES string of the molecule is Fc1cc(Br)ccc1NCc1cn2cc(Cl)ccc2n1. The Kier molecular flexibility index (Phi) is 3.63. The summed E-state index contributed by atoms with van der Waals surface area (Å²) >= 11 is 9.14. The monoisotopic (exact) mass is 353 g/mol. The number of hydrogen-bond donors (Lipinski definition) is 1. The quantitative estimate of drug-likeness (QED) is 0.750. The zero-order chi connectivity index (χ0) is 14.1. The maximum atomic E-state index is 13.7. The molecular formula is C14H10BrClFN3. The van der Waals surface area contributed by atoms with E-state index in [1.807, 2.05) is 16.7 Å². The first-order chi connectivity index (χ1) is 9.61. The molecule has 0 bridgehead atoms. The van der Waals surface area contributed by atoms with Crippen molar-refractivity contribution in [2.45, 2.75) is 6.54 Å². The van der Waals surface area contributed by atoms with Gasteiger partial charge in [0.15, 0.2) is 0 Å². The summed E-state index contributed by atoms with van der Waals surface area (Å²) in [6.45, 7) is 0.442. The highest BCUT2D eigenvalue weighted by atomic mass is 79.9. The van der Waals surface area contributed by atoms with Crippen LogP contribution in [0.15, 0.2) is 47.2 Å². The number of rotatable bonds is 3. The zero-order valence-corrected chi connectivity index (χ0v) is 12.6. The van der Waals surface area contributed by atoms with Gasteiger partial charge in [-0.1, -0.05) is 27.5 Å². The Labute approximate surface area is 128 Å². The van der Waals surface area contributed by atoms with Crippen LogP contribution in [0.4, 0.5) is 10.1 Å². The van der Waals surface area contributed by atoms with E-state index >= 15 is 0 Å². The molecule has 3 nitrogen and oxygen atoms in total. The lowest BCUT2D eigenvalue weighted by Crippen LogP contribution is -2.01. The third-order valence-electron chi connectivity index (χ3n) is 2.86. The Morgan fingerprint density at radius 3 is 2.90 bits per heavy atom. The summed E-state index contributed by atoms with van der Waals surface area (Å²) in [6.07, 6.45) is 3.65. The second-order valence-electron chi connectivity index (χ2n) is 4.32. The molecule has 1 aromatic carbocycles. The minimum Gasteiger partial charge on any atom is -0.377 e. The van der Waals surface area contributed by atoms with Crippen LogP contribution in [0.1, 0.15) is 5.69 Å². The molecule has 102 valence electrons. The van der Waals surface area contributed by atoms with Crippen molar-refractivity contribution in [2.24, 2.45) is 0 Å². The summed E-state index contributed by atoms with van der Waals surface area (Å²) in [5.41, 5.74) is 2.07. The number of pyridine rings is 1. The third kappa shape index (κ3) is 2.78. The maximum Gasteiger partial charge on any atom is 0.147 e. The summed E-state index contributed by atoms with van der Waals surface area (Å²) in [7, 11) is 0. The summed E-state index contributed by atoms with van der Waals surface area (Å²) in [4.78, 5) is 4.43. The molecule has 0 saturated carbocycles. The van der Waals surface area contributed by atoms with Gasteiger partial charge in [0.05, 0.1) is 22.9 Å². The number of halogens is 3. The number of aromatic nitrogens is 2. The summed E-state index contributed by atoms with van der Waals surface area (Å²) in [6, 6.07) is 8.52. The van der Waals surface area contributed by atoms with E-state index in [1.165, 1.54) is 6.07 Å². The van der Waals surface area contributed by atoms with Gasteiger partial charge in [-0.15, -0.1) is 0 Å². The van der Waals surface area contributed by atoms with Gasteiger partial charge in [-0.2, -0.15) is 0 Å². The number of nitrogens with zero attached hydrogens (tertiary/aromatic N) is 2. The largest absolute Gasteiger partial charge is 0.377 e. The Morgan fingerprint density at radius 2 is 2.10 bits per heavy atom. The number of hydrogen-bond acceptors (Lipinski definition) is 2. The molecule has 0 aliphatic heterocycles. The fourth-order valence-corrected chi connectivity index (χ4v) is 2.42. The van der Waals surface area contributed by atoms with Crippen LogP contribution in [0.5, 0.6) is 0 Å². The molecule has 0 unspecified atom stereocenters. The van der Waals surface area contributed by atoms with E-state index in [1.54, 1.807) is 24.4 Å². The molecule has 1 N–H and O–H groups in total.